The second-order valence-electron chi connectivity index (χ2n) is 7.40. The van der Waals surface area contributed by atoms with E-state index in [4.69, 9.17) is 4.74 Å². The largest absolute Gasteiger partial charge is 1.00 e. The molecule has 0 saturated carbocycles. The van der Waals surface area contributed by atoms with E-state index in [2.05, 4.69) is 41.3 Å². The average Bonchev–Trinajstić information content (AvgIpc) is 2.82. The summed E-state index contributed by atoms with van der Waals surface area (Å²) in [6, 6.07) is 24.6. The van der Waals surface area contributed by atoms with Crippen LogP contribution in [0.5, 0.6) is 5.75 Å². The Bertz CT molecular complexity index is 1230. The minimum atomic E-state index is -4.20. The van der Waals surface area contributed by atoms with Crippen LogP contribution in [0.15, 0.2) is 77.0 Å². The molecule has 0 aromatic heterocycles. The van der Waals surface area contributed by atoms with Crippen LogP contribution in [0.3, 0.4) is 0 Å². The van der Waals surface area contributed by atoms with Crippen LogP contribution < -0.4 is 39.2 Å². The molecule has 0 bridgehead atoms. The van der Waals surface area contributed by atoms with Gasteiger partial charge in [0.05, 0.1) is 28.6 Å². The van der Waals surface area contributed by atoms with Crippen molar-refractivity contribution in [2.24, 2.45) is 0 Å². The Morgan fingerprint density at radius 2 is 1.50 bits per heavy atom. The molecule has 1 aliphatic rings. The van der Waals surface area contributed by atoms with E-state index in [0.29, 0.717) is 12.2 Å². The van der Waals surface area contributed by atoms with Gasteiger partial charge in [-0.25, -0.2) is 8.42 Å². The van der Waals surface area contributed by atoms with Gasteiger partial charge in [0.2, 0.25) is 0 Å². The van der Waals surface area contributed by atoms with Gasteiger partial charge in [-0.2, -0.15) is 0 Å². The number of anilines is 3. The van der Waals surface area contributed by atoms with Crippen molar-refractivity contribution >= 4 is 56.3 Å². The number of fused-ring (bicyclic) bond motifs is 2. The number of benzene rings is 3. The van der Waals surface area contributed by atoms with Gasteiger partial charge in [0.15, 0.2) is 0 Å². The molecule has 172 valence electrons. The standard InChI is InChI=1S/C25H25NO4S3.Na/c1-30-19-14-12-18(13-15-19)26-22-10-5-3-8-20(22)24(21-9-4-6-11-23(21)26)25(31-2)32-16-7-17-33(27,28)29;/h3-6,8-15H,7,16-17H2,1-2H3,(H,27,28,29);/q;+1/p-1. The number of ether oxygens (including phenoxy) is 1. The van der Waals surface area contributed by atoms with Crippen LogP contribution in [-0.2, 0) is 10.1 Å². The molecule has 3 aromatic carbocycles. The summed E-state index contributed by atoms with van der Waals surface area (Å²) in [7, 11) is -2.54. The molecule has 0 aliphatic carbocycles. The third-order valence-corrected chi connectivity index (χ3v) is 8.50. The van der Waals surface area contributed by atoms with Gasteiger partial charge in [0.1, 0.15) is 5.75 Å². The van der Waals surface area contributed by atoms with Crippen LogP contribution in [0.4, 0.5) is 17.1 Å². The van der Waals surface area contributed by atoms with Gasteiger partial charge in [0, 0.05) is 32.4 Å². The van der Waals surface area contributed by atoms with Crippen molar-refractivity contribution in [2.75, 3.05) is 29.8 Å². The van der Waals surface area contributed by atoms with Crippen molar-refractivity contribution in [1.29, 1.82) is 0 Å². The normalized spacial score (nSPS) is 12.4. The van der Waals surface area contributed by atoms with Crippen LogP contribution in [0, 0.1) is 0 Å². The first-order valence-electron chi connectivity index (χ1n) is 10.4. The molecular weight excluding hydrogens is 497 g/mol. The van der Waals surface area contributed by atoms with Crippen molar-refractivity contribution in [3.05, 3.63) is 88.2 Å². The van der Waals surface area contributed by atoms with E-state index in [0.717, 1.165) is 43.7 Å². The topological polar surface area (TPSA) is 69.7 Å². The predicted octanol–water partition coefficient (Wildman–Crippen LogP) is 3.23. The van der Waals surface area contributed by atoms with Crippen molar-refractivity contribution in [2.45, 2.75) is 6.42 Å². The van der Waals surface area contributed by atoms with Gasteiger partial charge < -0.3 is 14.2 Å². The van der Waals surface area contributed by atoms with Crippen LogP contribution in [0.25, 0.3) is 5.57 Å². The van der Waals surface area contributed by atoms with Gasteiger partial charge in [-0.1, -0.05) is 36.4 Å². The molecule has 34 heavy (non-hydrogen) atoms. The number of hydrogen-bond donors (Lipinski definition) is 0. The third kappa shape index (κ3) is 6.05. The second-order valence-corrected chi connectivity index (χ2v) is 11.1. The molecule has 0 radical (unpaired) electrons. The van der Waals surface area contributed by atoms with Gasteiger partial charge >= 0.3 is 29.6 Å². The molecule has 3 aromatic rings. The quantitative estimate of drug-likeness (QED) is 0.200. The van der Waals surface area contributed by atoms with E-state index in [-0.39, 0.29) is 35.3 Å². The Balaban J connectivity index is 0.00000324. The van der Waals surface area contributed by atoms with Gasteiger partial charge in [0.25, 0.3) is 0 Å². The zero-order valence-corrected chi connectivity index (χ0v) is 23.8. The molecule has 5 nitrogen and oxygen atoms in total. The Kier molecular flexibility index (Phi) is 9.63. The fourth-order valence-corrected chi connectivity index (χ4v) is 6.56. The van der Waals surface area contributed by atoms with E-state index in [1.54, 1.807) is 30.6 Å². The SMILES string of the molecule is COc1ccc(N2c3ccccc3C(=C(SC)SCCCS(=O)(=O)[O-])c3ccccc32)cc1.[Na+]. The zero-order valence-electron chi connectivity index (χ0n) is 19.4. The number of nitrogens with zero attached hydrogens (tertiary/aromatic N) is 1. The monoisotopic (exact) mass is 521 g/mol. The predicted molar refractivity (Wildman–Crippen MR) is 139 cm³/mol. The maximum atomic E-state index is 11.0. The van der Waals surface area contributed by atoms with E-state index < -0.39 is 10.1 Å². The van der Waals surface area contributed by atoms with Crippen molar-refractivity contribution < 1.29 is 47.3 Å². The average molecular weight is 522 g/mol. The first kappa shape index (κ1) is 27.2. The van der Waals surface area contributed by atoms with Gasteiger partial charge in [-0.15, -0.1) is 23.5 Å². The fraction of sp³-hybridized carbons (Fsp3) is 0.200. The van der Waals surface area contributed by atoms with Gasteiger partial charge in [-0.05, 0) is 54.8 Å². The molecule has 0 unspecified atom stereocenters. The Morgan fingerprint density at radius 3 is 2.00 bits per heavy atom. The molecule has 0 N–H and O–H groups in total. The summed E-state index contributed by atoms with van der Waals surface area (Å²) in [5.41, 5.74) is 6.54. The zero-order chi connectivity index (χ0) is 23.4. The molecule has 4 rings (SSSR count). The molecule has 1 aliphatic heterocycles. The van der Waals surface area contributed by atoms with Crippen LogP contribution in [0.2, 0.25) is 0 Å². The summed E-state index contributed by atoms with van der Waals surface area (Å²) in [6.07, 6.45) is 2.36. The first-order valence-corrected chi connectivity index (χ1v) is 14.2. The third-order valence-electron chi connectivity index (χ3n) is 5.32. The Hall–Kier alpha value is -1.39. The summed E-state index contributed by atoms with van der Waals surface area (Å²) in [5, 5.41) is 0. The number of methoxy groups -OCH3 is 1. The van der Waals surface area contributed by atoms with Gasteiger partial charge in [-0.3, -0.25) is 0 Å². The summed E-state index contributed by atoms with van der Waals surface area (Å²) in [6.45, 7) is 0. The van der Waals surface area contributed by atoms with E-state index in [1.807, 2.05) is 42.7 Å². The van der Waals surface area contributed by atoms with Crippen molar-refractivity contribution in [3.8, 4) is 5.75 Å². The Labute approximate surface area is 232 Å². The molecular formula is C25H24NNaO4S3. The number of para-hydroxylation sites is 2. The summed E-state index contributed by atoms with van der Waals surface area (Å²) >= 11 is 3.25. The second kappa shape index (κ2) is 12.0. The fourth-order valence-electron chi connectivity index (χ4n) is 3.90. The Morgan fingerprint density at radius 1 is 0.941 bits per heavy atom. The summed E-state index contributed by atoms with van der Waals surface area (Å²) < 4.78 is 39.4. The molecule has 9 heteroatoms. The molecule has 0 saturated heterocycles. The van der Waals surface area contributed by atoms with E-state index >= 15 is 0 Å². The number of thioether (sulfide) groups is 2. The van der Waals surface area contributed by atoms with E-state index in [1.165, 1.54) is 0 Å². The summed E-state index contributed by atoms with van der Waals surface area (Å²) in [4.78, 5) is 2.25. The molecule has 0 fully saturated rings. The maximum Gasteiger partial charge on any atom is 1.00 e. The minimum Gasteiger partial charge on any atom is -0.748 e. The van der Waals surface area contributed by atoms with E-state index in [9.17, 15) is 13.0 Å². The number of hydrogen-bond acceptors (Lipinski definition) is 7. The number of rotatable bonds is 8. The molecule has 0 atom stereocenters. The van der Waals surface area contributed by atoms with Crippen molar-refractivity contribution in [3.63, 3.8) is 0 Å². The van der Waals surface area contributed by atoms with Crippen molar-refractivity contribution in [1.82, 2.24) is 0 Å². The van der Waals surface area contributed by atoms with Crippen LogP contribution in [-0.4, -0.2) is 37.8 Å². The minimum absolute atomic E-state index is 0. The summed E-state index contributed by atoms with van der Waals surface area (Å²) in [5.74, 6) is 1.03. The van der Waals surface area contributed by atoms with Crippen LogP contribution >= 0.6 is 23.5 Å². The smallest absolute Gasteiger partial charge is 0.748 e. The molecule has 1 heterocycles. The maximum absolute atomic E-state index is 11.0. The molecule has 0 amide bonds. The van der Waals surface area contributed by atoms with Crippen LogP contribution in [0.1, 0.15) is 17.5 Å². The molecule has 0 spiro atoms. The first-order chi connectivity index (χ1) is 15.9.